The molecule has 1 aromatic heterocycles. The van der Waals surface area contributed by atoms with Crippen LogP contribution in [0.5, 0.6) is 0 Å². The molecule has 0 spiro atoms. The molecule has 0 unspecified atom stereocenters. The minimum Gasteiger partial charge on any atom is -0.480 e. The number of nitrogens with zero attached hydrogens (tertiary/aromatic N) is 3. The van der Waals surface area contributed by atoms with Gasteiger partial charge in [-0.25, -0.2) is 9.78 Å². The Labute approximate surface area is 330 Å². The number of aliphatic carboxylic acids is 1. The quantitative estimate of drug-likeness (QED) is 0.0320. The van der Waals surface area contributed by atoms with E-state index in [1.807, 2.05) is 0 Å². The summed E-state index contributed by atoms with van der Waals surface area (Å²) in [7, 11) is 0. The number of amides is 6. The number of guanidine groups is 1. The molecule has 1 aromatic rings. The Hall–Kier alpha value is -5.35. The first kappa shape index (κ1) is 46.0. The van der Waals surface area contributed by atoms with E-state index in [4.69, 9.17) is 16.9 Å². The molecule has 0 radical (unpaired) electrons. The van der Waals surface area contributed by atoms with Gasteiger partial charge in [-0.15, -0.1) is 0 Å². The SMILES string of the molecule is CC[C@H](C)[C@H](NC(=O)[C@H](CO)NC(=O)[C@H](Cc1c[nH]cn1)NC(=O)[C@@H]1CCCN1C(=O)[C@@H](N)CCCNC(=N)N)C(=O)N1CCC[C@H]1C(=O)N[C@H](C(=O)O)[C@@H](C)O. The highest BCUT2D eigenvalue weighted by molar-refractivity contribution is 5.97. The molecular weight excluding hydrogens is 748 g/mol. The molecule has 318 valence electrons. The van der Waals surface area contributed by atoms with Gasteiger partial charge in [0.05, 0.1) is 30.8 Å². The van der Waals surface area contributed by atoms with Gasteiger partial charge >= 0.3 is 5.97 Å². The third-order valence-corrected chi connectivity index (χ3v) is 10.2. The van der Waals surface area contributed by atoms with Crippen molar-refractivity contribution >= 4 is 47.4 Å². The molecule has 3 heterocycles. The molecule has 14 N–H and O–H groups in total. The van der Waals surface area contributed by atoms with Crippen LogP contribution in [-0.2, 0) is 40.0 Å². The van der Waals surface area contributed by atoms with Crippen molar-refractivity contribution in [3.8, 4) is 0 Å². The van der Waals surface area contributed by atoms with Crippen LogP contribution in [-0.4, -0.2) is 157 Å². The van der Waals surface area contributed by atoms with Gasteiger partial charge in [0, 0.05) is 32.3 Å². The van der Waals surface area contributed by atoms with Crippen LogP contribution in [0.15, 0.2) is 12.5 Å². The smallest absolute Gasteiger partial charge is 0.328 e. The van der Waals surface area contributed by atoms with Crippen molar-refractivity contribution in [3.05, 3.63) is 18.2 Å². The van der Waals surface area contributed by atoms with Crippen molar-refractivity contribution in [2.45, 2.75) is 121 Å². The fraction of sp³-hybridized carbons (Fsp3) is 0.686. The van der Waals surface area contributed by atoms with E-state index in [2.05, 4.69) is 36.6 Å². The van der Waals surface area contributed by atoms with Gasteiger partial charge in [-0.1, -0.05) is 20.3 Å². The lowest BCUT2D eigenvalue weighted by molar-refractivity contribution is -0.147. The zero-order valence-corrected chi connectivity index (χ0v) is 32.5. The predicted molar refractivity (Wildman–Crippen MR) is 202 cm³/mol. The first-order chi connectivity index (χ1) is 27.0. The Morgan fingerprint density at radius 2 is 1.53 bits per heavy atom. The first-order valence-electron chi connectivity index (χ1n) is 19.2. The average molecular weight is 807 g/mol. The summed E-state index contributed by atoms with van der Waals surface area (Å²) in [4.78, 5) is 102. The number of hydrogen-bond donors (Lipinski definition) is 12. The summed E-state index contributed by atoms with van der Waals surface area (Å²) in [5, 5.41) is 49.4. The fourth-order valence-corrected chi connectivity index (χ4v) is 6.80. The predicted octanol–water partition coefficient (Wildman–Crippen LogP) is -4.03. The summed E-state index contributed by atoms with van der Waals surface area (Å²) in [5.41, 5.74) is 11.8. The fourth-order valence-electron chi connectivity index (χ4n) is 6.80. The molecule has 0 bridgehead atoms. The van der Waals surface area contributed by atoms with E-state index in [1.165, 1.54) is 29.2 Å². The molecule has 57 heavy (non-hydrogen) atoms. The molecule has 9 atom stereocenters. The van der Waals surface area contributed by atoms with Crippen LogP contribution in [0.2, 0.25) is 0 Å². The number of nitrogens with two attached hydrogens (primary N) is 2. The van der Waals surface area contributed by atoms with Crippen molar-refractivity contribution < 1.29 is 48.9 Å². The van der Waals surface area contributed by atoms with Crippen molar-refractivity contribution in [2.24, 2.45) is 17.4 Å². The van der Waals surface area contributed by atoms with Crippen LogP contribution >= 0.6 is 0 Å². The minimum atomic E-state index is -1.61. The van der Waals surface area contributed by atoms with Crippen molar-refractivity contribution in [1.82, 2.24) is 46.4 Å². The molecule has 2 aliphatic heterocycles. The Balaban J connectivity index is 1.73. The van der Waals surface area contributed by atoms with E-state index in [1.54, 1.807) is 13.8 Å². The maximum Gasteiger partial charge on any atom is 0.328 e. The summed E-state index contributed by atoms with van der Waals surface area (Å²) in [5.74, 6) is -6.42. The molecule has 2 aliphatic rings. The van der Waals surface area contributed by atoms with Crippen molar-refractivity contribution in [2.75, 3.05) is 26.2 Å². The van der Waals surface area contributed by atoms with E-state index in [0.29, 0.717) is 44.3 Å². The Morgan fingerprint density at radius 3 is 2.05 bits per heavy atom. The van der Waals surface area contributed by atoms with Crippen LogP contribution in [0.4, 0.5) is 0 Å². The van der Waals surface area contributed by atoms with Gasteiger partial charge in [0.2, 0.25) is 35.4 Å². The number of imidazole rings is 1. The highest BCUT2D eigenvalue weighted by Crippen LogP contribution is 2.23. The van der Waals surface area contributed by atoms with Crippen molar-refractivity contribution in [3.63, 3.8) is 0 Å². The molecule has 6 amide bonds. The highest BCUT2D eigenvalue weighted by Gasteiger charge is 2.42. The summed E-state index contributed by atoms with van der Waals surface area (Å²) in [6.45, 7) is 4.53. The van der Waals surface area contributed by atoms with Crippen LogP contribution in [0, 0.1) is 11.3 Å². The normalized spacial score (nSPS) is 20.2. The van der Waals surface area contributed by atoms with Gasteiger partial charge in [-0.05, 0) is 51.4 Å². The number of aromatic amines is 1. The van der Waals surface area contributed by atoms with E-state index < -0.39 is 102 Å². The number of hydrogen-bond acceptors (Lipinski definition) is 12. The van der Waals surface area contributed by atoms with Crippen molar-refractivity contribution in [1.29, 1.82) is 5.41 Å². The molecular formula is C35H58N12O10. The highest BCUT2D eigenvalue weighted by atomic mass is 16.4. The van der Waals surface area contributed by atoms with Gasteiger partial charge in [0.15, 0.2) is 12.0 Å². The van der Waals surface area contributed by atoms with E-state index in [-0.39, 0.29) is 38.3 Å². The lowest BCUT2D eigenvalue weighted by Gasteiger charge is -2.33. The van der Waals surface area contributed by atoms with E-state index in [9.17, 15) is 48.9 Å². The number of rotatable bonds is 21. The average Bonchev–Trinajstić information content (AvgIpc) is 3.98. The molecule has 22 nitrogen and oxygen atoms in total. The molecule has 0 saturated carbocycles. The third kappa shape index (κ3) is 12.8. The van der Waals surface area contributed by atoms with Gasteiger partial charge in [0.1, 0.15) is 30.2 Å². The maximum atomic E-state index is 13.9. The van der Waals surface area contributed by atoms with Gasteiger partial charge in [-0.2, -0.15) is 0 Å². The number of carboxylic acids is 1. The Morgan fingerprint density at radius 1 is 0.930 bits per heavy atom. The number of likely N-dealkylation sites (tertiary alicyclic amines) is 2. The number of carbonyl (C=O) groups is 7. The van der Waals surface area contributed by atoms with E-state index >= 15 is 0 Å². The zero-order chi connectivity index (χ0) is 42.4. The summed E-state index contributed by atoms with van der Waals surface area (Å²) in [6.07, 6.45) is 3.90. The zero-order valence-electron chi connectivity index (χ0n) is 32.5. The van der Waals surface area contributed by atoms with Crippen LogP contribution in [0.3, 0.4) is 0 Å². The number of aromatic nitrogens is 2. The second-order valence-corrected chi connectivity index (χ2v) is 14.5. The van der Waals surface area contributed by atoms with Crippen LogP contribution < -0.4 is 38.1 Å². The van der Waals surface area contributed by atoms with Gasteiger partial charge in [-0.3, -0.25) is 34.2 Å². The molecule has 2 fully saturated rings. The largest absolute Gasteiger partial charge is 0.480 e. The Bertz CT molecular complexity index is 1580. The van der Waals surface area contributed by atoms with E-state index in [0.717, 1.165) is 0 Å². The lowest BCUT2D eigenvalue weighted by Crippen LogP contribution is -2.61. The number of nitrogens with one attached hydrogen (secondary N) is 7. The van der Waals surface area contributed by atoms with Crippen LogP contribution in [0.25, 0.3) is 0 Å². The van der Waals surface area contributed by atoms with Gasteiger partial charge in [0.25, 0.3) is 0 Å². The van der Waals surface area contributed by atoms with Crippen LogP contribution in [0.1, 0.15) is 71.4 Å². The lowest BCUT2D eigenvalue weighted by atomic mass is 9.96. The molecule has 2 saturated heterocycles. The standard InChI is InChI=1S/C35H58N12O10/c1-4-18(2)26(33(55)47-13-7-10-25(47)31(53)45-27(19(3)49)34(56)57)44-29(51)23(16-48)43-28(50)22(14-20-15-39-17-41-20)42-30(52)24-9-6-12-46(24)32(54)21(36)8-5-11-40-35(37)38/h15,17-19,21-27,48-49H,4-14,16,36H2,1-3H3,(H,39,41)(H,42,52)(H,43,50)(H,44,51)(H,45,53)(H,56,57)(H4,37,38,40)/t18-,19+,21-,22-,23-,24-,25-,26-,27-/m0/s1. The molecule has 3 rings (SSSR count). The Kier molecular flexibility index (Phi) is 17.6. The number of carboxylic acid groups (broad SMARTS) is 1. The monoisotopic (exact) mass is 806 g/mol. The summed E-state index contributed by atoms with van der Waals surface area (Å²) in [6, 6.07) is -8.65. The summed E-state index contributed by atoms with van der Waals surface area (Å²) < 4.78 is 0. The second kappa shape index (κ2) is 21.8. The number of H-pyrrole nitrogens is 1. The number of aliphatic hydroxyl groups excluding tert-OH is 2. The first-order valence-corrected chi connectivity index (χ1v) is 19.2. The second-order valence-electron chi connectivity index (χ2n) is 14.5. The minimum absolute atomic E-state index is 0.131. The number of carbonyl (C=O) groups excluding carboxylic acids is 6. The van der Waals surface area contributed by atoms with Gasteiger partial charge < -0.3 is 68.2 Å². The number of aliphatic hydroxyl groups is 2. The maximum absolute atomic E-state index is 13.9. The molecule has 22 heteroatoms. The molecule has 0 aromatic carbocycles. The molecule has 0 aliphatic carbocycles. The summed E-state index contributed by atoms with van der Waals surface area (Å²) >= 11 is 0. The topological polar surface area (TPSA) is 351 Å². The third-order valence-electron chi connectivity index (χ3n) is 10.2.